The first-order chi connectivity index (χ1) is 12.1. The van der Waals surface area contributed by atoms with Crippen LogP contribution in [-0.4, -0.2) is 17.9 Å². The molecule has 2 aromatic heterocycles. The first-order valence-electron chi connectivity index (χ1n) is 7.81. The third kappa shape index (κ3) is 2.98. The maximum atomic E-state index is 12.4. The lowest BCUT2D eigenvalue weighted by Gasteiger charge is -2.05. The van der Waals surface area contributed by atoms with Crippen molar-refractivity contribution in [3.63, 3.8) is 0 Å². The molecule has 25 heavy (non-hydrogen) atoms. The summed E-state index contributed by atoms with van der Waals surface area (Å²) in [6.45, 7) is 4.43. The second-order valence-corrected chi connectivity index (χ2v) is 6.82. The van der Waals surface area contributed by atoms with Crippen molar-refractivity contribution in [3.05, 3.63) is 52.2 Å². The van der Waals surface area contributed by atoms with Crippen molar-refractivity contribution in [2.24, 2.45) is 0 Å². The van der Waals surface area contributed by atoms with Gasteiger partial charge < -0.3 is 19.3 Å². The molecule has 0 spiro atoms. The van der Waals surface area contributed by atoms with Gasteiger partial charge in [0.15, 0.2) is 11.5 Å². The molecule has 0 bridgehead atoms. The van der Waals surface area contributed by atoms with Gasteiger partial charge in [0.1, 0.15) is 5.76 Å². The molecule has 0 saturated carbocycles. The summed E-state index contributed by atoms with van der Waals surface area (Å²) in [6, 6.07) is 9.39. The SMILES string of the molecule is Cc1noc(C)c1-c1ccc(C(=O)NCc2ccc3c(c2)OCO3)s1. The minimum Gasteiger partial charge on any atom is -0.454 e. The molecule has 0 unspecified atom stereocenters. The van der Waals surface area contributed by atoms with Crippen LogP contribution in [-0.2, 0) is 6.54 Å². The number of fused-ring (bicyclic) bond motifs is 1. The lowest BCUT2D eigenvalue weighted by Crippen LogP contribution is -2.21. The Morgan fingerprint density at radius 2 is 2.04 bits per heavy atom. The number of thiophene rings is 1. The number of nitrogens with one attached hydrogen (secondary N) is 1. The fraction of sp³-hybridized carbons (Fsp3) is 0.222. The maximum Gasteiger partial charge on any atom is 0.261 e. The first kappa shape index (κ1) is 15.7. The second-order valence-electron chi connectivity index (χ2n) is 5.73. The van der Waals surface area contributed by atoms with E-state index < -0.39 is 0 Å². The first-order valence-corrected chi connectivity index (χ1v) is 8.63. The van der Waals surface area contributed by atoms with Crippen LogP contribution >= 0.6 is 11.3 Å². The summed E-state index contributed by atoms with van der Waals surface area (Å²) >= 11 is 1.43. The summed E-state index contributed by atoms with van der Waals surface area (Å²) in [5.41, 5.74) is 2.74. The Hall–Kier alpha value is -2.80. The molecule has 7 heteroatoms. The molecule has 0 radical (unpaired) electrons. The summed E-state index contributed by atoms with van der Waals surface area (Å²) in [5.74, 6) is 2.09. The van der Waals surface area contributed by atoms with Gasteiger partial charge in [0.05, 0.1) is 16.1 Å². The monoisotopic (exact) mass is 356 g/mol. The summed E-state index contributed by atoms with van der Waals surface area (Å²) in [4.78, 5) is 14.0. The van der Waals surface area contributed by atoms with Crippen molar-refractivity contribution in [3.8, 4) is 21.9 Å². The quantitative estimate of drug-likeness (QED) is 0.772. The van der Waals surface area contributed by atoms with Gasteiger partial charge in [-0.25, -0.2) is 0 Å². The van der Waals surface area contributed by atoms with Gasteiger partial charge in [0.25, 0.3) is 5.91 Å². The van der Waals surface area contributed by atoms with Crippen molar-refractivity contribution >= 4 is 17.2 Å². The average Bonchev–Trinajstić information content (AvgIpc) is 3.32. The zero-order valence-electron chi connectivity index (χ0n) is 13.8. The van der Waals surface area contributed by atoms with Crippen LogP contribution in [0.4, 0.5) is 0 Å². The van der Waals surface area contributed by atoms with E-state index in [-0.39, 0.29) is 12.7 Å². The highest BCUT2D eigenvalue weighted by Gasteiger charge is 2.17. The Kier molecular flexibility index (Phi) is 3.93. The van der Waals surface area contributed by atoms with Crippen LogP contribution in [0.5, 0.6) is 11.5 Å². The molecule has 0 fully saturated rings. The number of hydrogen-bond acceptors (Lipinski definition) is 6. The van der Waals surface area contributed by atoms with Crippen molar-refractivity contribution in [1.82, 2.24) is 10.5 Å². The van der Waals surface area contributed by atoms with Crippen LogP contribution in [0.3, 0.4) is 0 Å². The lowest BCUT2D eigenvalue weighted by atomic mass is 10.2. The number of aromatic nitrogens is 1. The number of benzene rings is 1. The van der Waals surface area contributed by atoms with Crippen molar-refractivity contribution in [1.29, 1.82) is 0 Å². The average molecular weight is 356 g/mol. The molecule has 0 atom stereocenters. The summed E-state index contributed by atoms with van der Waals surface area (Å²) < 4.78 is 15.8. The standard InChI is InChI=1S/C18H16N2O4S/c1-10-17(11(2)24-20-10)15-5-6-16(25-15)18(21)19-8-12-3-4-13-14(7-12)23-9-22-13/h3-7H,8-9H2,1-2H3,(H,19,21). The number of rotatable bonds is 4. The van der Waals surface area contributed by atoms with Gasteiger partial charge in [-0.3, -0.25) is 4.79 Å². The minimum absolute atomic E-state index is 0.110. The Morgan fingerprint density at radius 1 is 1.20 bits per heavy atom. The van der Waals surface area contributed by atoms with E-state index in [2.05, 4.69) is 10.5 Å². The van der Waals surface area contributed by atoms with E-state index in [0.29, 0.717) is 17.2 Å². The van der Waals surface area contributed by atoms with Crippen LogP contribution < -0.4 is 14.8 Å². The molecule has 0 saturated heterocycles. The highest BCUT2D eigenvalue weighted by molar-refractivity contribution is 7.17. The molecule has 4 rings (SSSR count). The molecule has 3 aromatic rings. The van der Waals surface area contributed by atoms with Crippen molar-refractivity contribution < 1.29 is 18.8 Å². The molecule has 0 aliphatic carbocycles. The number of carbonyl (C=O) groups excluding carboxylic acids is 1. The lowest BCUT2D eigenvalue weighted by molar-refractivity contribution is 0.0955. The molecule has 1 aromatic carbocycles. The molecular weight excluding hydrogens is 340 g/mol. The van der Waals surface area contributed by atoms with Crippen molar-refractivity contribution in [2.75, 3.05) is 6.79 Å². The van der Waals surface area contributed by atoms with E-state index in [0.717, 1.165) is 33.2 Å². The summed E-state index contributed by atoms with van der Waals surface area (Å²) in [7, 11) is 0. The number of aryl methyl sites for hydroxylation is 2. The largest absolute Gasteiger partial charge is 0.454 e. The zero-order chi connectivity index (χ0) is 17.4. The second kappa shape index (κ2) is 6.25. The van der Waals surface area contributed by atoms with Gasteiger partial charge in [0.2, 0.25) is 6.79 Å². The van der Waals surface area contributed by atoms with E-state index >= 15 is 0 Å². The van der Waals surface area contributed by atoms with E-state index in [1.54, 1.807) is 0 Å². The third-order valence-electron chi connectivity index (χ3n) is 4.00. The smallest absolute Gasteiger partial charge is 0.261 e. The maximum absolute atomic E-state index is 12.4. The van der Waals surface area contributed by atoms with Gasteiger partial charge in [0, 0.05) is 11.4 Å². The van der Waals surface area contributed by atoms with Crippen LogP contribution in [0.1, 0.15) is 26.7 Å². The van der Waals surface area contributed by atoms with E-state index in [4.69, 9.17) is 14.0 Å². The summed E-state index contributed by atoms with van der Waals surface area (Å²) in [6.07, 6.45) is 0. The van der Waals surface area contributed by atoms with Gasteiger partial charge in [-0.2, -0.15) is 0 Å². The molecule has 1 aliphatic rings. The molecule has 6 nitrogen and oxygen atoms in total. The normalized spacial score (nSPS) is 12.4. The predicted octanol–water partition coefficient (Wildman–Crippen LogP) is 3.68. The number of nitrogens with zero attached hydrogens (tertiary/aromatic N) is 1. The van der Waals surface area contributed by atoms with Gasteiger partial charge in [-0.05, 0) is 43.7 Å². The third-order valence-corrected chi connectivity index (χ3v) is 5.10. The molecule has 128 valence electrons. The fourth-order valence-corrected chi connectivity index (χ4v) is 3.82. The molecular formula is C18H16N2O4S. The van der Waals surface area contributed by atoms with Gasteiger partial charge in [-0.15, -0.1) is 11.3 Å². The van der Waals surface area contributed by atoms with Crippen LogP contribution in [0.15, 0.2) is 34.9 Å². The molecule has 3 heterocycles. The zero-order valence-corrected chi connectivity index (χ0v) is 14.6. The molecule has 1 N–H and O–H groups in total. The minimum atomic E-state index is -0.110. The Morgan fingerprint density at radius 3 is 2.84 bits per heavy atom. The van der Waals surface area contributed by atoms with Crippen LogP contribution in [0.2, 0.25) is 0 Å². The Labute approximate surface area is 148 Å². The number of amides is 1. The number of ether oxygens (including phenoxy) is 2. The number of carbonyl (C=O) groups is 1. The number of hydrogen-bond donors (Lipinski definition) is 1. The fourth-order valence-electron chi connectivity index (χ4n) is 2.75. The van der Waals surface area contributed by atoms with Gasteiger partial charge in [-0.1, -0.05) is 11.2 Å². The van der Waals surface area contributed by atoms with Crippen LogP contribution in [0, 0.1) is 13.8 Å². The van der Waals surface area contributed by atoms with Crippen LogP contribution in [0.25, 0.3) is 10.4 Å². The highest BCUT2D eigenvalue weighted by atomic mass is 32.1. The van der Waals surface area contributed by atoms with Gasteiger partial charge >= 0.3 is 0 Å². The van der Waals surface area contributed by atoms with Crippen molar-refractivity contribution in [2.45, 2.75) is 20.4 Å². The molecule has 1 amide bonds. The van der Waals surface area contributed by atoms with E-state index in [9.17, 15) is 4.79 Å². The Balaban J connectivity index is 1.45. The van der Waals surface area contributed by atoms with E-state index in [1.165, 1.54) is 11.3 Å². The summed E-state index contributed by atoms with van der Waals surface area (Å²) in [5, 5.41) is 6.89. The Bertz CT molecular complexity index is 925. The predicted molar refractivity (Wildman–Crippen MR) is 93.0 cm³/mol. The molecule has 1 aliphatic heterocycles. The topological polar surface area (TPSA) is 73.6 Å². The van der Waals surface area contributed by atoms with E-state index in [1.807, 2.05) is 44.2 Å². The highest BCUT2D eigenvalue weighted by Crippen LogP contribution is 2.34.